The van der Waals surface area contributed by atoms with Gasteiger partial charge in [-0.05, 0) is 12.1 Å². The monoisotopic (exact) mass is 278 g/mol. The molecule has 2 heterocycles. The molecule has 2 N–H and O–H groups in total. The Morgan fingerprint density at radius 1 is 1.42 bits per heavy atom. The Balaban J connectivity index is 1.92. The molecular formula is C12H11ClN4O2. The Labute approximate surface area is 114 Å². The van der Waals surface area contributed by atoms with Gasteiger partial charge in [0.2, 0.25) is 5.91 Å². The van der Waals surface area contributed by atoms with E-state index in [4.69, 9.17) is 11.6 Å². The van der Waals surface area contributed by atoms with Crippen LogP contribution in [0.4, 0.5) is 5.95 Å². The molecule has 0 saturated carbocycles. The van der Waals surface area contributed by atoms with E-state index >= 15 is 0 Å². The average Bonchev–Trinajstić information content (AvgIpc) is 2.96. The zero-order chi connectivity index (χ0) is 13.4. The quantitative estimate of drug-likeness (QED) is 0.865. The van der Waals surface area contributed by atoms with E-state index in [9.17, 15) is 9.90 Å². The lowest BCUT2D eigenvalue weighted by atomic mass is 10.2. The molecule has 7 heteroatoms. The van der Waals surface area contributed by atoms with E-state index in [-0.39, 0.29) is 24.8 Å². The number of halogens is 1. The zero-order valence-corrected chi connectivity index (χ0v) is 10.6. The predicted octanol–water partition coefficient (Wildman–Crippen LogP) is 1.22. The maximum Gasteiger partial charge on any atom is 0.251 e. The minimum absolute atomic E-state index is 0.107. The molecule has 98 valence electrons. The van der Waals surface area contributed by atoms with Crippen molar-refractivity contribution in [3.63, 3.8) is 0 Å². The molecule has 1 unspecified atom stereocenters. The summed E-state index contributed by atoms with van der Waals surface area (Å²) in [6.07, 6.45) is -0.551. The molecule has 19 heavy (non-hydrogen) atoms. The molecule has 1 aromatic carbocycles. The number of hydrogen-bond donors (Lipinski definition) is 2. The number of rotatable bonds is 2. The second-order valence-corrected chi connectivity index (χ2v) is 4.73. The van der Waals surface area contributed by atoms with Gasteiger partial charge >= 0.3 is 0 Å². The number of β-amino-alcohol motifs (C(OH)–C–C–N with tert-alkyl or cyclic N) is 1. The molecule has 1 aliphatic rings. The van der Waals surface area contributed by atoms with E-state index in [1.807, 2.05) is 18.2 Å². The van der Waals surface area contributed by atoms with Gasteiger partial charge in [-0.15, -0.1) is 5.10 Å². The number of nitrogens with one attached hydrogen (secondary N) is 1. The molecule has 1 aliphatic heterocycles. The molecule has 6 nitrogen and oxygen atoms in total. The van der Waals surface area contributed by atoms with Gasteiger partial charge in [-0.1, -0.05) is 23.7 Å². The zero-order valence-electron chi connectivity index (χ0n) is 9.88. The summed E-state index contributed by atoms with van der Waals surface area (Å²) in [5.41, 5.74) is 0.718. The van der Waals surface area contributed by atoms with Crippen molar-refractivity contribution < 1.29 is 9.90 Å². The summed E-state index contributed by atoms with van der Waals surface area (Å²) < 4.78 is 0. The standard InChI is InChI=1S/C12H11ClN4O2/c13-9-4-2-1-3-8(9)11-14-12(16-15-11)17-6-7(18)5-10(17)19/h1-4,7,18H,5-6H2,(H,14,15,16). The number of carbonyl (C=O) groups is 1. The third-order valence-electron chi connectivity index (χ3n) is 2.95. The van der Waals surface area contributed by atoms with Crippen LogP contribution in [0.3, 0.4) is 0 Å². The Morgan fingerprint density at radius 3 is 2.89 bits per heavy atom. The maximum absolute atomic E-state index is 11.6. The van der Waals surface area contributed by atoms with Crippen molar-refractivity contribution in [3.8, 4) is 11.4 Å². The Kier molecular flexibility index (Phi) is 2.96. The van der Waals surface area contributed by atoms with Crippen molar-refractivity contribution in [2.45, 2.75) is 12.5 Å². The van der Waals surface area contributed by atoms with Crippen molar-refractivity contribution >= 4 is 23.5 Å². The summed E-state index contributed by atoms with van der Waals surface area (Å²) in [6.45, 7) is 0.221. The van der Waals surface area contributed by atoms with Gasteiger partial charge < -0.3 is 5.11 Å². The highest BCUT2D eigenvalue weighted by molar-refractivity contribution is 6.33. The first-order chi connectivity index (χ1) is 9.15. The van der Waals surface area contributed by atoms with Gasteiger partial charge in [0, 0.05) is 5.56 Å². The second kappa shape index (κ2) is 4.64. The molecular weight excluding hydrogens is 268 g/mol. The van der Waals surface area contributed by atoms with Gasteiger partial charge in [0.15, 0.2) is 5.82 Å². The van der Waals surface area contributed by atoms with Crippen LogP contribution in [-0.4, -0.2) is 38.8 Å². The van der Waals surface area contributed by atoms with Crippen LogP contribution >= 0.6 is 11.6 Å². The number of aromatic amines is 1. The Bertz CT molecular complexity index is 628. The van der Waals surface area contributed by atoms with Crippen molar-refractivity contribution in [2.24, 2.45) is 0 Å². The number of aromatic nitrogens is 3. The highest BCUT2D eigenvalue weighted by Gasteiger charge is 2.31. The van der Waals surface area contributed by atoms with Crippen LogP contribution in [0, 0.1) is 0 Å². The molecule has 1 fully saturated rings. The lowest BCUT2D eigenvalue weighted by molar-refractivity contribution is -0.117. The summed E-state index contributed by atoms with van der Waals surface area (Å²) in [4.78, 5) is 17.3. The SMILES string of the molecule is O=C1CC(O)CN1c1n[nH]c(-c2ccccc2Cl)n1. The van der Waals surface area contributed by atoms with Gasteiger partial charge in [-0.2, -0.15) is 4.98 Å². The fraction of sp³-hybridized carbons (Fsp3) is 0.250. The first-order valence-electron chi connectivity index (χ1n) is 5.81. The average molecular weight is 279 g/mol. The van der Waals surface area contributed by atoms with E-state index in [1.54, 1.807) is 6.07 Å². The van der Waals surface area contributed by atoms with Crippen molar-refractivity contribution in [2.75, 3.05) is 11.4 Å². The van der Waals surface area contributed by atoms with Crippen LogP contribution < -0.4 is 4.90 Å². The summed E-state index contributed by atoms with van der Waals surface area (Å²) in [5.74, 6) is 0.573. The molecule has 1 amide bonds. The fourth-order valence-electron chi connectivity index (χ4n) is 2.03. The van der Waals surface area contributed by atoms with Gasteiger partial charge in [0.05, 0.1) is 24.1 Å². The van der Waals surface area contributed by atoms with Crippen molar-refractivity contribution in [3.05, 3.63) is 29.3 Å². The van der Waals surface area contributed by atoms with Crippen LogP contribution in [0.25, 0.3) is 11.4 Å². The number of nitrogens with zero attached hydrogens (tertiary/aromatic N) is 3. The van der Waals surface area contributed by atoms with Gasteiger partial charge in [0.25, 0.3) is 5.95 Å². The van der Waals surface area contributed by atoms with Crippen LogP contribution in [-0.2, 0) is 4.79 Å². The lowest BCUT2D eigenvalue weighted by Crippen LogP contribution is -2.26. The first-order valence-corrected chi connectivity index (χ1v) is 6.18. The predicted molar refractivity (Wildman–Crippen MR) is 69.8 cm³/mol. The number of aliphatic hydroxyl groups is 1. The largest absolute Gasteiger partial charge is 0.391 e. The maximum atomic E-state index is 11.6. The van der Waals surface area contributed by atoms with Gasteiger partial charge in [0.1, 0.15) is 0 Å². The minimum Gasteiger partial charge on any atom is -0.391 e. The molecule has 0 radical (unpaired) electrons. The van der Waals surface area contributed by atoms with Crippen LogP contribution in [0.15, 0.2) is 24.3 Å². The van der Waals surface area contributed by atoms with E-state index in [0.29, 0.717) is 10.8 Å². The van der Waals surface area contributed by atoms with Crippen molar-refractivity contribution in [1.29, 1.82) is 0 Å². The number of aliphatic hydroxyl groups excluding tert-OH is 1. The number of carbonyl (C=O) groups excluding carboxylic acids is 1. The van der Waals surface area contributed by atoms with Crippen LogP contribution in [0.5, 0.6) is 0 Å². The molecule has 0 spiro atoms. The Morgan fingerprint density at radius 2 is 2.21 bits per heavy atom. The van der Waals surface area contributed by atoms with Crippen LogP contribution in [0.1, 0.15) is 6.42 Å². The number of amides is 1. The molecule has 3 rings (SSSR count). The smallest absolute Gasteiger partial charge is 0.251 e. The lowest BCUT2D eigenvalue weighted by Gasteiger charge is -2.09. The highest BCUT2D eigenvalue weighted by atomic mass is 35.5. The molecule has 1 saturated heterocycles. The summed E-state index contributed by atoms with van der Waals surface area (Å²) in [5, 5.41) is 16.8. The molecule has 2 aromatic rings. The van der Waals surface area contributed by atoms with E-state index in [1.165, 1.54) is 4.90 Å². The summed E-state index contributed by atoms with van der Waals surface area (Å²) in [7, 11) is 0. The normalized spacial score (nSPS) is 19.2. The molecule has 0 aliphatic carbocycles. The number of hydrogen-bond acceptors (Lipinski definition) is 4. The minimum atomic E-state index is -0.658. The van der Waals surface area contributed by atoms with Crippen molar-refractivity contribution in [1.82, 2.24) is 15.2 Å². The topological polar surface area (TPSA) is 82.1 Å². The highest BCUT2D eigenvalue weighted by Crippen LogP contribution is 2.26. The molecule has 0 bridgehead atoms. The summed E-state index contributed by atoms with van der Waals surface area (Å²) >= 11 is 6.07. The van der Waals surface area contributed by atoms with Crippen LogP contribution in [0.2, 0.25) is 5.02 Å². The summed E-state index contributed by atoms with van der Waals surface area (Å²) in [6, 6.07) is 7.23. The van der Waals surface area contributed by atoms with Gasteiger partial charge in [-0.25, -0.2) is 0 Å². The number of anilines is 1. The fourth-order valence-corrected chi connectivity index (χ4v) is 2.25. The van der Waals surface area contributed by atoms with Gasteiger partial charge in [-0.3, -0.25) is 14.8 Å². The first kappa shape index (κ1) is 12.1. The van der Waals surface area contributed by atoms with E-state index < -0.39 is 6.10 Å². The molecule has 1 aromatic heterocycles. The Hall–Kier alpha value is -1.92. The molecule has 1 atom stereocenters. The second-order valence-electron chi connectivity index (χ2n) is 4.33. The third kappa shape index (κ3) is 2.20. The van der Waals surface area contributed by atoms with E-state index in [0.717, 1.165) is 5.56 Å². The number of H-pyrrole nitrogens is 1. The third-order valence-corrected chi connectivity index (χ3v) is 3.28. The number of benzene rings is 1. The van der Waals surface area contributed by atoms with E-state index in [2.05, 4.69) is 15.2 Å².